The summed E-state index contributed by atoms with van der Waals surface area (Å²) in [5.41, 5.74) is 2.65. The zero-order valence-corrected chi connectivity index (χ0v) is 20.7. The molecule has 188 valence electrons. The molecule has 6 heteroatoms. The van der Waals surface area contributed by atoms with Crippen LogP contribution in [0.2, 0.25) is 0 Å². The van der Waals surface area contributed by atoms with Gasteiger partial charge in [0.05, 0.1) is 5.92 Å². The molecule has 2 aromatic rings. The third-order valence-electron chi connectivity index (χ3n) is 8.82. The molecule has 6 nitrogen and oxygen atoms in total. The topological polar surface area (TPSA) is 82.1 Å². The predicted molar refractivity (Wildman–Crippen MR) is 132 cm³/mol. The first-order chi connectivity index (χ1) is 17.4. The lowest BCUT2D eigenvalue weighted by atomic mass is 9.75. The number of rotatable bonds is 6. The van der Waals surface area contributed by atoms with E-state index >= 15 is 0 Å². The van der Waals surface area contributed by atoms with E-state index in [2.05, 4.69) is 19.1 Å². The molecule has 0 aromatic heterocycles. The maximum absolute atomic E-state index is 13.6. The molecule has 2 saturated heterocycles. The average molecular weight is 489 g/mol. The van der Waals surface area contributed by atoms with Crippen LogP contribution in [0, 0.1) is 11.8 Å². The lowest BCUT2D eigenvalue weighted by molar-refractivity contribution is -0.217. The van der Waals surface area contributed by atoms with Crippen molar-refractivity contribution in [1.29, 1.82) is 0 Å². The summed E-state index contributed by atoms with van der Waals surface area (Å²) in [6.45, 7) is 3.43. The molecule has 2 bridgehead atoms. The van der Waals surface area contributed by atoms with Gasteiger partial charge in [-0.05, 0) is 55.7 Å². The van der Waals surface area contributed by atoms with Crippen molar-refractivity contribution in [2.75, 3.05) is 6.61 Å². The molecule has 0 radical (unpaired) electrons. The summed E-state index contributed by atoms with van der Waals surface area (Å²) in [4.78, 5) is 25.8. The summed E-state index contributed by atoms with van der Waals surface area (Å²) in [5.74, 6) is -0.887. The van der Waals surface area contributed by atoms with Crippen LogP contribution in [0.1, 0.15) is 56.6 Å². The smallest absolute Gasteiger partial charge is 0.332 e. The molecule has 0 amide bonds. The molecule has 2 aliphatic carbocycles. The van der Waals surface area contributed by atoms with Crippen molar-refractivity contribution in [1.82, 2.24) is 0 Å². The number of allylic oxidation sites excluding steroid dienone is 1. The fraction of sp³-hybridized carbons (Fsp3) is 0.467. The minimum absolute atomic E-state index is 0.0322. The summed E-state index contributed by atoms with van der Waals surface area (Å²) in [6, 6.07) is 19.9. The molecule has 1 saturated carbocycles. The maximum atomic E-state index is 13.6. The summed E-state index contributed by atoms with van der Waals surface area (Å²) < 4.78 is 19.2. The van der Waals surface area contributed by atoms with Crippen LogP contribution in [-0.4, -0.2) is 41.5 Å². The third-order valence-corrected chi connectivity index (χ3v) is 8.82. The third kappa shape index (κ3) is 3.53. The molecule has 2 heterocycles. The Morgan fingerprint density at radius 1 is 1.06 bits per heavy atom. The summed E-state index contributed by atoms with van der Waals surface area (Å²) in [7, 11) is 0. The lowest BCUT2D eigenvalue weighted by Crippen LogP contribution is -2.55. The van der Waals surface area contributed by atoms with Crippen LogP contribution in [0.3, 0.4) is 0 Å². The van der Waals surface area contributed by atoms with E-state index in [1.807, 2.05) is 55.5 Å². The Morgan fingerprint density at radius 3 is 2.44 bits per heavy atom. The van der Waals surface area contributed by atoms with Gasteiger partial charge < -0.3 is 19.3 Å². The van der Waals surface area contributed by atoms with Crippen molar-refractivity contribution in [2.45, 2.75) is 68.9 Å². The van der Waals surface area contributed by atoms with Crippen LogP contribution in [0.4, 0.5) is 0 Å². The first-order valence-corrected chi connectivity index (χ1v) is 12.9. The number of ether oxygens (including phenoxy) is 3. The SMILES string of the molecule is CC1=C2C(OC(=O)C3CC3c3ccccc3)C3(c4ccccc4)CC(OC(=O)CO)C(C)(O3)C2CC1. The monoisotopic (exact) mass is 488 g/mol. The van der Waals surface area contributed by atoms with Crippen molar-refractivity contribution in [3.8, 4) is 0 Å². The molecule has 36 heavy (non-hydrogen) atoms. The van der Waals surface area contributed by atoms with Gasteiger partial charge in [-0.3, -0.25) is 4.79 Å². The summed E-state index contributed by atoms with van der Waals surface area (Å²) >= 11 is 0. The number of aliphatic hydroxyl groups excluding tert-OH is 1. The molecule has 4 aliphatic rings. The van der Waals surface area contributed by atoms with E-state index in [9.17, 15) is 14.7 Å². The highest BCUT2D eigenvalue weighted by atomic mass is 16.6. The Balaban J connectivity index is 1.39. The van der Waals surface area contributed by atoms with Crippen LogP contribution in [0.15, 0.2) is 71.8 Å². The van der Waals surface area contributed by atoms with Crippen LogP contribution in [-0.2, 0) is 29.4 Å². The highest BCUT2D eigenvalue weighted by molar-refractivity contribution is 5.78. The van der Waals surface area contributed by atoms with Crippen molar-refractivity contribution in [3.05, 3.63) is 82.9 Å². The first-order valence-electron chi connectivity index (χ1n) is 12.9. The zero-order chi connectivity index (χ0) is 25.1. The standard InChI is InChI=1S/C30H32O6/c1-18-13-14-23-26(18)27(35-28(33)22-15-21(22)19-9-5-3-6-10-19)30(20-11-7-4-8-12-20)16-24(29(23,2)36-30)34-25(32)17-31/h3-12,21-24,27,31H,13-17H2,1-2H3. The maximum Gasteiger partial charge on any atom is 0.332 e. The summed E-state index contributed by atoms with van der Waals surface area (Å²) in [6.07, 6.45) is 1.71. The number of esters is 2. The number of hydrogen-bond acceptors (Lipinski definition) is 6. The van der Waals surface area contributed by atoms with Crippen molar-refractivity contribution < 1.29 is 28.9 Å². The zero-order valence-electron chi connectivity index (χ0n) is 20.7. The molecule has 2 aliphatic heterocycles. The molecular formula is C30H32O6. The van der Waals surface area contributed by atoms with Gasteiger partial charge in [0.25, 0.3) is 0 Å². The Labute approximate surface area is 211 Å². The Bertz CT molecular complexity index is 1210. The quantitative estimate of drug-likeness (QED) is 0.479. The average Bonchev–Trinajstić information content (AvgIpc) is 3.54. The second-order valence-electron chi connectivity index (χ2n) is 10.9. The summed E-state index contributed by atoms with van der Waals surface area (Å²) in [5, 5.41) is 9.39. The van der Waals surface area contributed by atoms with Gasteiger partial charge in [-0.15, -0.1) is 0 Å². The Morgan fingerprint density at radius 2 is 1.75 bits per heavy atom. The van der Waals surface area contributed by atoms with Crippen molar-refractivity contribution in [3.63, 3.8) is 0 Å². The normalized spacial score (nSPS) is 36.4. The van der Waals surface area contributed by atoms with Gasteiger partial charge in [-0.2, -0.15) is 0 Å². The molecular weight excluding hydrogens is 456 g/mol. The number of fused-ring (bicyclic) bond motifs is 4. The van der Waals surface area contributed by atoms with Gasteiger partial charge in [0.15, 0.2) is 6.10 Å². The van der Waals surface area contributed by atoms with Gasteiger partial charge in [0.2, 0.25) is 0 Å². The molecule has 7 unspecified atom stereocenters. The number of carbonyl (C=O) groups excluding carboxylic acids is 2. The highest BCUT2D eigenvalue weighted by Crippen LogP contribution is 2.63. The van der Waals surface area contributed by atoms with Gasteiger partial charge in [-0.25, -0.2) is 4.79 Å². The molecule has 3 fully saturated rings. The molecule has 2 aromatic carbocycles. The van der Waals surface area contributed by atoms with Crippen molar-refractivity contribution in [2.24, 2.45) is 11.8 Å². The number of benzene rings is 2. The van der Waals surface area contributed by atoms with E-state index in [1.165, 1.54) is 5.57 Å². The van der Waals surface area contributed by atoms with Crippen LogP contribution >= 0.6 is 0 Å². The van der Waals surface area contributed by atoms with Crippen LogP contribution in [0.25, 0.3) is 0 Å². The fourth-order valence-corrected chi connectivity index (χ4v) is 6.93. The molecule has 6 rings (SSSR count). The minimum atomic E-state index is -0.972. The predicted octanol–water partition coefficient (Wildman–Crippen LogP) is 4.42. The lowest BCUT2D eigenvalue weighted by Gasteiger charge is -2.48. The highest BCUT2D eigenvalue weighted by Gasteiger charge is 2.70. The van der Waals surface area contributed by atoms with E-state index in [0.29, 0.717) is 6.42 Å². The van der Waals surface area contributed by atoms with Gasteiger partial charge in [-0.1, -0.05) is 66.2 Å². The van der Waals surface area contributed by atoms with E-state index in [1.54, 1.807) is 0 Å². The number of carbonyl (C=O) groups is 2. The van der Waals surface area contributed by atoms with Gasteiger partial charge in [0, 0.05) is 12.3 Å². The molecule has 0 spiro atoms. The van der Waals surface area contributed by atoms with Crippen LogP contribution in [0.5, 0.6) is 0 Å². The van der Waals surface area contributed by atoms with E-state index in [-0.39, 0.29) is 23.7 Å². The van der Waals surface area contributed by atoms with E-state index < -0.39 is 36.0 Å². The largest absolute Gasteiger partial charge is 0.457 e. The number of hydrogen-bond donors (Lipinski definition) is 1. The Kier molecular flexibility index (Phi) is 5.58. The number of aliphatic hydroxyl groups is 1. The Hall–Kier alpha value is -2.96. The van der Waals surface area contributed by atoms with Crippen molar-refractivity contribution >= 4 is 11.9 Å². The fourth-order valence-electron chi connectivity index (χ4n) is 6.93. The van der Waals surface area contributed by atoms with Crippen LogP contribution < -0.4 is 0 Å². The van der Waals surface area contributed by atoms with Gasteiger partial charge >= 0.3 is 11.9 Å². The molecule has 7 atom stereocenters. The van der Waals surface area contributed by atoms with E-state index in [4.69, 9.17) is 14.2 Å². The van der Waals surface area contributed by atoms with E-state index in [0.717, 1.165) is 36.0 Å². The first kappa shape index (κ1) is 23.4. The second kappa shape index (κ2) is 8.56. The van der Waals surface area contributed by atoms with Gasteiger partial charge in [0.1, 0.15) is 23.9 Å². The second-order valence-corrected chi connectivity index (χ2v) is 10.9. The molecule has 1 N–H and O–H groups in total. The minimum Gasteiger partial charge on any atom is -0.457 e.